The van der Waals surface area contributed by atoms with Crippen molar-refractivity contribution in [2.75, 3.05) is 12.8 Å². The third kappa shape index (κ3) is 4.39. The first-order valence-corrected chi connectivity index (χ1v) is 10.2. The fraction of sp³-hybridized carbons (Fsp3) is 0.300. The van der Waals surface area contributed by atoms with Crippen LogP contribution in [0.5, 0.6) is 5.75 Å². The van der Waals surface area contributed by atoms with Crippen LogP contribution < -0.4 is 10.1 Å². The van der Waals surface area contributed by atoms with Gasteiger partial charge in [-0.15, -0.1) is 11.8 Å². The quantitative estimate of drug-likeness (QED) is 0.753. The molecule has 2 aromatic carbocycles. The lowest BCUT2D eigenvalue weighted by atomic mass is 9.86. The van der Waals surface area contributed by atoms with Gasteiger partial charge in [0.05, 0.1) is 0 Å². The van der Waals surface area contributed by atoms with Gasteiger partial charge in [0.15, 0.2) is 0 Å². The van der Waals surface area contributed by atoms with Crippen LogP contribution in [0, 0.1) is 0 Å². The van der Waals surface area contributed by atoms with Gasteiger partial charge in [-0.25, -0.2) is 4.79 Å². The largest absolute Gasteiger partial charge is 0.416 e. The van der Waals surface area contributed by atoms with E-state index in [0.717, 1.165) is 10.5 Å². The van der Waals surface area contributed by atoms with Crippen LogP contribution in [0.4, 0.5) is 4.79 Å². The lowest BCUT2D eigenvalue weighted by Gasteiger charge is -2.47. The number of likely N-dealkylation sites (tertiary alicyclic amines) is 1. The summed E-state index contributed by atoms with van der Waals surface area (Å²) in [6, 6.07) is 14.6. The van der Waals surface area contributed by atoms with Gasteiger partial charge in [0, 0.05) is 23.0 Å². The topological polar surface area (TPSA) is 58.6 Å². The Bertz CT molecular complexity index is 826. The van der Waals surface area contributed by atoms with Crippen molar-refractivity contribution in [2.45, 2.75) is 30.3 Å². The number of amides is 2. The number of nitrogens with one attached hydrogen (secondary N) is 1. The first-order chi connectivity index (χ1) is 12.9. The molecule has 1 unspecified atom stereocenters. The van der Waals surface area contributed by atoms with E-state index in [1.54, 1.807) is 43.0 Å². The molecule has 1 atom stereocenters. The number of carbonyl (C=O) groups is 2. The summed E-state index contributed by atoms with van der Waals surface area (Å²) in [5.74, 6) is 0.270. The number of ether oxygens (including phenoxy) is 1. The fourth-order valence-electron chi connectivity index (χ4n) is 2.86. The first kappa shape index (κ1) is 19.6. The minimum absolute atomic E-state index is 0.196. The van der Waals surface area contributed by atoms with Gasteiger partial charge in [-0.3, -0.25) is 9.69 Å². The second-order valence-electron chi connectivity index (χ2n) is 6.53. The van der Waals surface area contributed by atoms with E-state index in [1.165, 1.54) is 4.90 Å². The molecule has 2 aromatic rings. The molecule has 1 N–H and O–H groups in total. The predicted octanol–water partition coefficient (Wildman–Crippen LogP) is 4.34. The van der Waals surface area contributed by atoms with E-state index in [4.69, 9.17) is 16.3 Å². The maximum atomic E-state index is 12.6. The first-order valence-electron chi connectivity index (χ1n) is 8.58. The zero-order valence-corrected chi connectivity index (χ0v) is 16.8. The number of halogens is 1. The number of hydrogen-bond acceptors (Lipinski definition) is 4. The highest BCUT2D eigenvalue weighted by Gasteiger charge is 2.50. The normalized spacial score (nSPS) is 18.6. The Kier molecular flexibility index (Phi) is 5.97. The van der Waals surface area contributed by atoms with Gasteiger partial charge in [-0.2, -0.15) is 0 Å². The van der Waals surface area contributed by atoms with Crippen LogP contribution in [0.1, 0.15) is 18.9 Å². The Morgan fingerprint density at radius 3 is 2.41 bits per heavy atom. The van der Waals surface area contributed by atoms with Crippen molar-refractivity contribution in [2.24, 2.45) is 0 Å². The molecule has 2 amide bonds. The molecule has 1 saturated heterocycles. The third-order valence-electron chi connectivity index (χ3n) is 4.76. The second kappa shape index (κ2) is 8.23. The van der Waals surface area contributed by atoms with E-state index in [1.807, 2.05) is 30.5 Å². The zero-order chi connectivity index (χ0) is 19.4. The van der Waals surface area contributed by atoms with Gasteiger partial charge < -0.3 is 10.1 Å². The van der Waals surface area contributed by atoms with Crippen molar-refractivity contribution < 1.29 is 14.3 Å². The number of nitrogens with zero attached hydrogens (tertiary/aromatic N) is 1. The molecule has 27 heavy (non-hydrogen) atoms. The predicted molar refractivity (Wildman–Crippen MR) is 107 cm³/mol. The average Bonchev–Trinajstić information content (AvgIpc) is 2.66. The standard InChI is InChI=1S/C20H21ClN2O3S/c1-20(18(24)22-13-14-3-5-15(21)6-4-14)11-12-23(20)19(25)26-16-7-9-17(27-2)10-8-16/h3-10H,11-13H2,1-2H3,(H,22,24). The summed E-state index contributed by atoms with van der Waals surface area (Å²) in [5, 5.41) is 3.54. The van der Waals surface area contributed by atoms with Crippen LogP contribution in [0.3, 0.4) is 0 Å². The van der Waals surface area contributed by atoms with Gasteiger partial charge in [-0.05, 0) is 61.6 Å². The zero-order valence-electron chi connectivity index (χ0n) is 15.2. The molecule has 0 bridgehead atoms. The van der Waals surface area contributed by atoms with Crippen LogP contribution in [-0.4, -0.2) is 35.2 Å². The van der Waals surface area contributed by atoms with Crippen molar-refractivity contribution in [3.8, 4) is 5.75 Å². The van der Waals surface area contributed by atoms with Gasteiger partial charge in [0.25, 0.3) is 0 Å². The summed E-state index contributed by atoms with van der Waals surface area (Å²) in [6.07, 6.45) is 2.07. The minimum atomic E-state index is -0.900. The molecule has 142 valence electrons. The maximum absolute atomic E-state index is 12.6. The van der Waals surface area contributed by atoms with Gasteiger partial charge in [0.1, 0.15) is 11.3 Å². The monoisotopic (exact) mass is 404 g/mol. The van der Waals surface area contributed by atoms with Crippen LogP contribution >= 0.6 is 23.4 Å². The number of benzene rings is 2. The molecule has 0 saturated carbocycles. The van der Waals surface area contributed by atoms with E-state index < -0.39 is 11.6 Å². The van der Waals surface area contributed by atoms with Crippen LogP contribution in [0.15, 0.2) is 53.4 Å². The van der Waals surface area contributed by atoms with E-state index >= 15 is 0 Å². The van der Waals surface area contributed by atoms with E-state index in [-0.39, 0.29) is 5.91 Å². The second-order valence-corrected chi connectivity index (χ2v) is 7.84. The molecule has 1 heterocycles. The summed E-state index contributed by atoms with van der Waals surface area (Å²) in [7, 11) is 0. The molecule has 5 nitrogen and oxygen atoms in total. The van der Waals surface area contributed by atoms with Crippen LogP contribution in [-0.2, 0) is 11.3 Å². The summed E-state index contributed by atoms with van der Waals surface area (Å²) in [6.45, 7) is 2.63. The highest BCUT2D eigenvalue weighted by molar-refractivity contribution is 7.98. The highest BCUT2D eigenvalue weighted by atomic mass is 35.5. The lowest BCUT2D eigenvalue weighted by Crippen LogP contribution is -2.67. The van der Waals surface area contributed by atoms with Crippen molar-refractivity contribution in [3.63, 3.8) is 0 Å². The van der Waals surface area contributed by atoms with Gasteiger partial charge in [0.2, 0.25) is 5.91 Å². The summed E-state index contributed by atoms with van der Waals surface area (Å²) in [4.78, 5) is 27.7. The van der Waals surface area contributed by atoms with Crippen LogP contribution in [0.25, 0.3) is 0 Å². The van der Waals surface area contributed by atoms with Crippen molar-refractivity contribution in [3.05, 3.63) is 59.1 Å². The Labute approximate surface area is 168 Å². The number of carbonyl (C=O) groups excluding carboxylic acids is 2. The Morgan fingerprint density at radius 1 is 1.19 bits per heavy atom. The van der Waals surface area contributed by atoms with E-state index in [0.29, 0.717) is 30.3 Å². The fourth-order valence-corrected chi connectivity index (χ4v) is 3.40. The van der Waals surface area contributed by atoms with E-state index in [9.17, 15) is 9.59 Å². The molecule has 0 aliphatic carbocycles. The number of rotatable bonds is 5. The molecule has 7 heteroatoms. The van der Waals surface area contributed by atoms with Crippen molar-refractivity contribution >= 4 is 35.4 Å². The molecular formula is C20H21ClN2O3S. The SMILES string of the molecule is CSc1ccc(OC(=O)N2CCC2(C)C(=O)NCc2ccc(Cl)cc2)cc1. The smallest absolute Gasteiger partial charge is 0.410 e. The molecule has 3 rings (SSSR count). The minimum Gasteiger partial charge on any atom is -0.410 e. The Balaban J connectivity index is 1.58. The molecule has 1 fully saturated rings. The molecule has 1 aliphatic rings. The van der Waals surface area contributed by atoms with Gasteiger partial charge >= 0.3 is 6.09 Å². The number of hydrogen-bond donors (Lipinski definition) is 1. The average molecular weight is 405 g/mol. The molecule has 0 aromatic heterocycles. The highest BCUT2D eigenvalue weighted by Crippen LogP contribution is 2.32. The van der Waals surface area contributed by atoms with Crippen molar-refractivity contribution in [1.82, 2.24) is 10.2 Å². The third-order valence-corrected chi connectivity index (χ3v) is 5.75. The van der Waals surface area contributed by atoms with Crippen LogP contribution in [0.2, 0.25) is 5.02 Å². The number of thioether (sulfide) groups is 1. The molecule has 1 aliphatic heterocycles. The summed E-state index contributed by atoms with van der Waals surface area (Å²) in [5.41, 5.74) is 0.0431. The summed E-state index contributed by atoms with van der Waals surface area (Å²) < 4.78 is 5.42. The van der Waals surface area contributed by atoms with Gasteiger partial charge in [-0.1, -0.05) is 23.7 Å². The van der Waals surface area contributed by atoms with E-state index in [2.05, 4.69) is 5.32 Å². The lowest BCUT2D eigenvalue weighted by molar-refractivity contribution is -0.138. The molecule has 0 spiro atoms. The Hall–Kier alpha value is -2.18. The maximum Gasteiger partial charge on any atom is 0.416 e. The summed E-state index contributed by atoms with van der Waals surface area (Å²) >= 11 is 7.48. The molecular weight excluding hydrogens is 384 g/mol. The van der Waals surface area contributed by atoms with Crippen molar-refractivity contribution in [1.29, 1.82) is 0 Å². The molecule has 0 radical (unpaired) electrons. The Morgan fingerprint density at radius 2 is 1.85 bits per heavy atom.